The number of likely N-dealkylation sites (tertiary alicyclic amines) is 1. The molecule has 1 fully saturated rings. The summed E-state index contributed by atoms with van der Waals surface area (Å²) >= 11 is 5.88. The lowest BCUT2D eigenvalue weighted by atomic mass is 10.2. The number of hydrogen-bond acceptors (Lipinski definition) is 4. The van der Waals surface area contributed by atoms with Gasteiger partial charge in [-0.25, -0.2) is 4.79 Å². The standard InChI is InChI=1S/C13H15ClN2O3/c14-11-4-3-9(15)7-10(11)13(18)19-8-12(17)16-5-1-2-6-16/h3-4,7H,1-2,5-6,8,15H2. The molecule has 1 amide bonds. The molecule has 1 aliphatic heterocycles. The highest BCUT2D eigenvalue weighted by molar-refractivity contribution is 6.33. The monoisotopic (exact) mass is 282 g/mol. The van der Waals surface area contributed by atoms with Gasteiger partial charge in [-0.05, 0) is 31.0 Å². The highest BCUT2D eigenvalue weighted by Crippen LogP contribution is 2.19. The summed E-state index contributed by atoms with van der Waals surface area (Å²) in [7, 11) is 0. The van der Waals surface area contributed by atoms with Crippen LogP contribution in [-0.2, 0) is 9.53 Å². The molecule has 0 atom stereocenters. The second-order valence-corrected chi connectivity index (χ2v) is 4.81. The van der Waals surface area contributed by atoms with Crippen LogP contribution in [0, 0.1) is 0 Å². The summed E-state index contributed by atoms with van der Waals surface area (Å²) in [6.45, 7) is 1.20. The van der Waals surface area contributed by atoms with E-state index in [1.807, 2.05) is 0 Å². The predicted molar refractivity (Wildman–Crippen MR) is 72.0 cm³/mol. The van der Waals surface area contributed by atoms with Gasteiger partial charge in [-0.3, -0.25) is 4.79 Å². The van der Waals surface area contributed by atoms with Gasteiger partial charge in [-0.1, -0.05) is 11.6 Å². The molecule has 19 heavy (non-hydrogen) atoms. The summed E-state index contributed by atoms with van der Waals surface area (Å²) in [5, 5.41) is 0.257. The SMILES string of the molecule is Nc1ccc(Cl)c(C(=O)OCC(=O)N2CCCC2)c1. The maximum atomic E-state index is 11.8. The first-order valence-electron chi connectivity index (χ1n) is 6.08. The highest BCUT2D eigenvalue weighted by Gasteiger charge is 2.20. The fourth-order valence-electron chi connectivity index (χ4n) is 1.96. The Labute approximate surface area is 116 Å². The van der Waals surface area contributed by atoms with Crippen molar-refractivity contribution in [3.8, 4) is 0 Å². The van der Waals surface area contributed by atoms with Crippen molar-refractivity contribution in [3.63, 3.8) is 0 Å². The second kappa shape index (κ2) is 5.93. The van der Waals surface area contributed by atoms with E-state index in [4.69, 9.17) is 22.1 Å². The number of amides is 1. The number of hydrogen-bond donors (Lipinski definition) is 1. The zero-order valence-electron chi connectivity index (χ0n) is 10.4. The zero-order valence-corrected chi connectivity index (χ0v) is 11.2. The number of halogens is 1. The van der Waals surface area contributed by atoms with Crippen LogP contribution in [0.15, 0.2) is 18.2 Å². The van der Waals surface area contributed by atoms with Crippen molar-refractivity contribution in [2.75, 3.05) is 25.4 Å². The lowest BCUT2D eigenvalue weighted by Crippen LogP contribution is -2.32. The number of nitrogen functional groups attached to an aromatic ring is 1. The fraction of sp³-hybridized carbons (Fsp3) is 0.385. The van der Waals surface area contributed by atoms with Crippen LogP contribution in [0.3, 0.4) is 0 Å². The third kappa shape index (κ3) is 3.38. The Bertz CT molecular complexity index is 499. The molecule has 0 spiro atoms. The van der Waals surface area contributed by atoms with Crippen molar-refractivity contribution < 1.29 is 14.3 Å². The van der Waals surface area contributed by atoms with E-state index in [-0.39, 0.29) is 23.1 Å². The van der Waals surface area contributed by atoms with Crippen molar-refractivity contribution >= 4 is 29.2 Å². The van der Waals surface area contributed by atoms with Gasteiger partial charge in [0.1, 0.15) is 0 Å². The van der Waals surface area contributed by atoms with E-state index in [9.17, 15) is 9.59 Å². The predicted octanol–water partition coefficient (Wildman–Crippen LogP) is 1.70. The topological polar surface area (TPSA) is 72.6 Å². The average molecular weight is 283 g/mol. The maximum absolute atomic E-state index is 11.8. The Morgan fingerprint density at radius 1 is 1.32 bits per heavy atom. The average Bonchev–Trinajstić information content (AvgIpc) is 2.92. The van der Waals surface area contributed by atoms with Crippen molar-refractivity contribution in [2.45, 2.75) is 12.8 Å². The molecule has 1 aliphatic rings. The van der Waals surface area contributed by atoms with Gasteiger partial charge in [0.25, 0.3) is 5.91 Å². The summed E-state index contributed by atoms with van der Waals surface area (Å²) in [5.74, 6) is -0.810. The molecule has 1 saturated heterocycles. The van der Waals surface area contributed by atoms with Gasteiger partial charge in [0.2, 0.25) is 0 Å². The van der Waals surface area contributed by atoms with Gasteiger partial charge in [-0.15, -0.1) is 0 Å². The van der Waals surface area contributed by atoms with Gasteiger partial charge >= 0.3 is 5.97 Å². The first-order valence-corrected chi connectivity index (χ1v) is 6.45. The summed E-state index contributed by atoms with van der Waals surface area (Å²) in [6, 6.07) is 4.55. The van der Waals surface area contributed by atoms with E-state index in [0.29, 0.717) is 5.69 Å². The molecule has 5 nitrogen and oxygen atoms in total. The lowest BCUT2D eigenvalue weighted by Gasteiger charge is -2.15. The maximum Gasteiger partial charge on any atom is 0.340 e. The van der Waals surface area contributed by atoms with Crippen molar-refractivity contribution in [1.82, 2.24) is 4.90 Å². The number of carbonyl (C=O) groups excluding carboxylic acids is 2. The van der Waals surface area contributed by atoms with Crippen molar-refractivity contribution in [2.24, 2.45) is 0 Å². The molecule has 0 bridgehead atoms. The van der Waals surface area contributed by atoms with E-state index < -0.39 is 5.97 Å². The van der Waals surface area contributed by atoms with Gasteiger partial charge in [0.05, 0.1) is 10.6 Å². The summed E-state index contributed by atoms with van der Waals surface area (Å²) in [5.41, 5.74) is 6.17. The molecular weight excluding hydrogens is 268 g/mol. The number of nitrogens with zero attached hydrogens (tertiary/aromatic N) is 1. The molecular formula is C13H15ClN2O3. The minimum atomic E-state index is -0.634. The van der Waals surface area contributed by atoms with Crippen LogP contribution in [0.5, 0.6) is 0 Å². The molecule has 1 aromatic carbocycles. The van der Waals surface area contributed by atoms with E-state index in [2.05, 4.69) is 0 Å². The molecule has 0 radical (unpaired) electrons. The number of anilines is 1. The fourth-order valence-corrected chi connectivity index (χ4v) is 2.16. The van der Waals surface area contributed by atoms with Crippen LogP contribution in [0.4, 0.5) is 5.69 Å². The molecule has 0 aliphatic carbocycles. The first-order chi connectivity index (χ1) is 9.08. The highest BCUT2D eigenvalue weighted by atomic mass is 35.5. The Morgan fingerprint density at radius 2 is 2.00 bits per heavy atom. The van der Waals surface area contributed by atoms with Gasteiger partial charge in [-0.2, -0.15) is 0 Å². The first kappa shape index (κ1) is 13.7. The van der Waals surface area contributed by atoms with Crippen LogP contribution in [0.2, 0.25) is 5.02 Å². The van der Waals surface area contributed by atoms with Gasteiger partial charge in [0.15, 0.2) is 6.61 Å². The molecule has 2 rings (SSSR count). The number of rotatable bonds is 3. The number of esters is 1. The molecule has 0 saturated carbocycles. The van der Waals surface area contributed by atoms with Crippen molar-refractivity contribution in [1.29, 1.82) is 0 Å². The van der Waals surface area contributed by atoms with E-state index in [0.717, 1.165) is 25.9 Å². The minimum Gasteiger partial charge on any atom is -0.452 e. The Balaban J connectivity index is 1.93. The number of ether oxygens (including phenoxy) is 1. The summed E-state index contributed by atoms with van der Waals surface area (Å²) in [4.78, 5) is 25.2. The van der Waals surface area contributed by atoms with Crippen LogP contribution >= 0.6 is 11.6 Å². The van der Waals surface area contributed by atoms with E-state index >= 15 is 0 Å². The molecule has 1 heterocycles. The van der Waals surface area contributed by atoms with Crippen molar-refractivity contribution in [3.05, 3.63) is 28.8 Å². The quantitative estimate of drug-likeness (QED) is 0.676. The molecule has 1 aromatic rings. The number of nitrogens with two attached hydrogens (primary N) is 1. The van der Waals surface area contributed by atoms with Crippen LogP contribution in [0.25, 0.3) is 0 Å². The largest absolute Gasteiger partial charge is 0.452 e. The van der Waals surface area contributed by atoms with Gasteiger partial charge in [0, 0.05) is 18.8 Å². The molecule has 2 N–H and O–H groups in total. The van der Waals surface area contributed by atoms with E-state index in [1.165, 1.54) is 12.1 Å². The molecule has 0 aromatic heterocycles. The minimum absolute atomic E-state index is 0.175. The number of benzene rings is 1. The Kier molecular flexibility index (Phi) is 4.27. The van der Waals surface area contributed by atoms with Crippen LogP contribution in [0.1, 0.15) is 23.2 Å². The second-order valence-electron chi connectivity index (χ2n) is 4.40. The summed E-state index contributed by atoms with van der Waals surface area (Å²) < 4.78 is 4.97. The van der Waals surface area contributed by atoms with Crippen LogP contribution < -0.4 is 5.73 Å². The van der Waals surface area contributed by atoms with E-state index in [1.54, 1.807) is 11.0 Å². The normalized spacial score (nSPS) is 14.5. The Hall–Kier alpha value is -1.75. The number of carbonyl (C=O) groups is 2. The third-order valence-electron chi connectivity index (χ3n) is 3.00. The smallest absolute Gasteiger partial charge is 0.340 e. The lowest BCUT2D eigenvalue weighted by molar-refractivity contribution is -0.133. The summed E-state index contributed by atoms with van der Waals surface area (Å²) in [6.07, 6.45) is 2.00. The molecule has 0 unspecified atom stereocenters. The zero-order chi connectivity index (χ0) is 13.8. The third-order valence-corrected chi connectivity index (χ3v) is 3.33. The molecule has 102 valence electrons. The Morgan fingerprint density at radius 3 is 2.68 bits per heavy atom. The molecule has 6 heteroatoms. The van der Waals surface area contributed by atoms with Crippen LogP contribution in [-0.4, -0.2) is 36.5 Å². The van der Waals surface area contributed by atoms with Gasteiger partial charge < -0.3 is 15.4 Å².